The van der Waals surface area contributed by atoms with Gasteiger partial charge in [-0.3, -0.25) is 4.79 Å². The lowest BCUT2D eigenvalue weighted by Crippen LogP contribution is -2.57. The van der Waals surface area contributed by atoms with E-state index in [1.807, 2.05) is 24.3 Å². The zero-order valence-corrected chi connectivity index (χ0v) is 13.7. The van der Waals surface area contributed by atoms with Crippen molar-refractivity contribution in [1.29, 1.82) is 0 Å². The van der Waals surface area contributed by atoms with E-state index in [1.165, 1.54) is 0 Å². The van der Waals surface area contributed by atoms with Crippen LogP contribution in [-0.2, 0) is 14.6 Å². The van der Waals surface area contributed by atoms with Crippen LogP contribution in [0, 0.1) is 0 Å². The van der Waals surface area contributed by atoms with Crippen LogP contribution in [0.25, 0.3) is 0 Å². The first-order valence-corrected chi connectivity index (χ1v) is 9.82. The molecular weight excluding hydrogens is 316 g/mol. The molecular formula is C16H20N2O4S. The van der Waals surface area contributed by atoms with Gasteiger partial charge >= 0.3 is 0 Å². The number of ether oxygens (including phenoxy) is 1. The van der Waals surface area contributed by atoms with Crippen LogP contribution in [-0.4, -0.2) is 69.1 Å². The van der Waals surface area contributed by atoms with Crippen LogP contribution >= 0.6 is 0 Å². The van der Waals surface area contributed by atoms with Crippen LogP contribution in [0.2, 0.25) is 0 Å². The maximum Gasteiger partial charge on any atom is 0.253 e. The van der Waals surface area contributed by atoms with E-state index in [1.54, 1.807) is 4.90 Å². The lowest BCUT2D eigenvalue weighted by atomic mass is 9.98. The maximum absolute atomic E-state index is 12.5. The van der Waals surface area contributed by atoms with Crippen LogP contribution < -0.4 is 4.90 Å². The topological polar surface area (TPSA) is 66.9 Å². The summed E-state index contributed by atoms with van der Waals surface area (Å²) in [6.45, 7) is 2.40. The number of piperidine rings is 1. The number of nitrogens with zero attached hydrogens (tertiary/aromatic N) is 2. The number of sulfone groups is 1. The quantitative estimate of drug-likeness (QED) is 0.788. The standard InChI is InChI=1S/C16H20N2O4S/c19-16(17-5-7-23(20,21)8-6-17)12-1-3-13(4-2-12)18-10-14-9-15(11-18)22-14/h1-4,14-15H,5-11H2. The second kappa shape index (κ2) is 5.49. The van der Waals surface area contributed by atoms with Crippen LogP contribution in [0.1, 0.15) is 16.8 Å². The van der Waals surface area contributed by atoms with Crippen LogP contribution in [0.15, 0.2) is 24.3 Å². The molecule has 23 heavy (non-hydrogen) atoms. The number of hydrogen-bond donors (Lipinski definition) is 0. The summed E-state index contributed by atoms with van der Waals surface area (Å²) in [4.78, 5) is 16.4. The highest BCUT2D eigenvalue weighted by molar-refractivity contribution is 7.91. The minimum Gasteiger partial charge on any atom is -0.371 e. The van der Waals surface area contributed by atoms with Gasteiger partial charge in [0.05, 0.1) is 23.7 Å². The van der Waals surface area contributed by atoms with Crippen molar-refractivity contribution in [2.24, 2.45) is 0 Å². The zero-order valence-electron chi connectivity index (χ0n) is 12.8. The van der Waals surface area contributed by atoms with Crippen LogP contribution in [0.4, 0.5) is 5.69 Å². The number of carbonyl (C=O) groups excluding carboxylic acids is 1. The molecule has 4 aliphatic rings. The van der Waals surface area contributed by atoms with Crippen molar-refractivity contribution in [3.63, 3.8) is 0 Å². The Hall–Kier alpha value is -1.60. The van der Waals surface area contributed by atoms with Crippen molar-refractivity contribution in [3.8, 4) is 0 Å². The van der Waals surface area contributed by atoms with E-state index in [0.717, 1.165) is 25.2 Å². The van der Waals surface area contributed by atoms with Gasteiger partial charge in [0.25, 0.3) is 5.91 Å². The number of amides is 1. The SMILES string of the molecule is O=C(c1ccc(N2CC3CC(C2)O3)cc1)N1CCS(=O)(=O)CC1. The first kappa shape index (κ1) is 15.0. The summed E-state index contributed by atoms with van der Waals surface area (Å²) in [5.41, 5.74) is 1.73. The van der Waals surface area contributed by atoms with E-state index < -0.39 is 9.84 Å². The molecule has 2 bridgehead atoms. The molecule has 1 amide bonds. The molecule has 2 atom stereocenters. The smallest absolute Gasteiger partial charge is 0.253 e. The highest BCUT2D eigenvalue weighted by Gasteiger charge is 2.38. The van der Waals surface area contributed by atoms with Crippen molar-refractivity contribution >= 4 is 21.4 Å². The largest absolute Gasteiger partial charge is 0.371 e. The molecule has 4 fully saturated rings. The summed E-state index contributed by atoms with van der Waals surface area (Å²) >= 11 is 0. The molecule has 5 rings (SSSR count). The van der Waals surface area contributed by atoms with Crippen molar-refractivity contribution < 1.29 is 17.9 Å². The van der Waals surface area contributed by atoms with Gasteiger partial charge < -0.3 is 14.5 Å². The molecule has 124 valence electrons. The number of fused-ring (bicyclic) bond motifs is 2. The zero-order chi connectivity index (χ0) is 16.0. The van der Waals surface area contributed by atoms with Gasteiger partial charge in [0.2, 0.25) is 0 Å². The molecule has 7 heteroatoms. The number of hydrogen-bond acceptors (Lipinski definition) is 5. The van der Waals surface area contributed by atoms with E-state index in [4.69, 9.17) is 4.74 Å². The highest BCUT2D eigenvalue weighted by atomic mass is 32.2. The molecule has 4 aliphatic heterocycles. The predicted octanol–water partition coefficient (Wildman–Crippen LogP) is 0.535. The van der Waals surface area contributed by atoms with E-state index in [-0.39, 0.29) is 30.5 Å². The Kier molecular flexibility index (Phi) is 3.57. The summed E-state index contributed by atoms with van der Waals surface area (Å²) < 4.78 is 28.5. The Morgan fingerprint density at radius 3 is 2.17 bits per heavy atom. The molecule has 0 saturated carbocycles. The molecule has 4 saturated heterocycles. The molecule has 4 heterocycles. The number of anilines is 1. The normalized spacial score (nSPS) is 29.0. The average molecular weight is 336 g/mol. The number of benzene rings is 1. The first-order valence-electron chi connectivity index (χ1n) is 8.00. The van der Waals surface area contributed by atoms with Crippen molar-refractivity contribution in [3.05, 3.63) is 29.8 Å². The average Bonchev–Trinajstić information content (AvgIpc) is 2.54. The lowest BCUT2D eigenvalue weighted by molar-refractivity contribution is -0.133. The summed E-state index contributed by atoms with van der Waals surface area (Å²) in [6.07, 6.45) is 1.86. The molecule has 2 unspecified atom stereocenters. The monoisotopic (exact) mass is 336 g/mol. The van der Waals surface area contributed by atoms with Crippen molar-refractivity contribution in [2.45, 2.75) is 18.6 Å². The van der Waals surface area contributed by atoms with Gasteiger partial charge in [-0.15, -0.1) is 0 Å². The third kappa shape index (κ3) is 2.95. The summed E-state index contributed by atoms with van der Waals surface area (Å²) in [6, 6.07) is 7.61. The molecule has 6 nitrogen and oxygen atoms in total. The predicted molar refractivity (Wildman–Crippen MR) is 86.5 cm³/mol. The Balaban J connectivity index is 1.42. The van der Waals surface area contributed by atoms with Gasteiger partial charge in [-0.05, 0) is 24.3 Å². The van der Waals surface area contributed by atoms with Gasteiger partial charge in [0, 0.05) is 43.9 Å². The van der Waals surface area contributed by atoms with Gasteiger partial charge in [-0.2, -0.15) is 0 Å². The molecule has 0 N–H and O–H groups in total. The number of carbonyl (C=O) groups is 1. The highest BCUT2D eigenvalue weighted by Crippen LogP contribution is 2.31. The number of rotatable bonds is 2. The molecule has 0 aliphatic carbocycles. The Labute approximate surface area is 135 Å². The molecule has 1 aromatic carbocycles. The van der Waals surface area contributed by atoms with Crippen molar-refractivity contribution in [2.75, 3.05) is 42.6 Å². The van der Waals surface area contributed by atoms with E-state index in [2.05, 4.69) is 4.90 Å². The second-order valence-electron chi connectivity index (χ2n) is 6.51. The summed E-state index contributed by atoms with van der Waals surface area (Å²) in [5, 5.41) is 0. The molecule has 1 aromatic rings. The molecule has 0 aromatic heterocycles. The maximum atomic E-state index is 12.5. The Bertz CT molecular complexity index is 686. The fourth-order valence-corrected chi connectivity index (χ4v) is 4.68. The van der Waals surface area contributed by atoms with Crippen LogP contribution in [0.5, 0.6) is 0 Å². The summed E-state index contributed by atoms with van der Waals surface area (Å²) in [5.74, 6) is 0.0390. The number of morpholine rings is 1. The first-order chi connectivity index (χ1) is 11.0. The van der Waals surface area contributed by atoms with Crippen molar-refractivity contribution in [1.82, 2.24) is 4.90 Å². The van der Waals surface area contributed by atoms with E-state index >= 15 is 0 Å². The van der Waals surface area contributed by atoms with E-state index in [9.17, 15) is 13.2 Å². The fraction of sp³-hybridized carbons (Fsp3) is 0.562. The third-order valence-electron chi connectivity index (χ3n) is 4.87. The summed E-state index contributed by atoms with van der Waals surface area (Å²) in [7, 11) is -2.97. The Morgan fingerprint density at radius 1 is 1.04 bits per heavy atom. The van der Waals surface area contributed by atoms with E-state index in [0.29, 0.717) is 17.8 Å². The van der Waals surface area contributed by atoms with Gasteiger partial charge in [0.1, 0.15) is 0 Å². The molecule has 0 radical (unpaired) electrons. The molecule has 0 spiro atoms. The lowest BCUT2D eigenvalue weighted by Gasteiger charge is -2.48. The third-order valence-corrected chi connectivity index (χ3v) is 6.48. The van der Waals surface area contributed by atoms with Gasteiger partial charge in [-0.25, -0.2) is 8.42 Å². The van der Waals surface area contributed by atoms with Crippen LogP contribution in [0.3, 0.4) is 0 Å². The van der Waals surface area contributed by atoms with Gasteiger partial charge in [-0.1, -0.05) is 0 Å². The minimum atomic E-state index is -2.97. The minimum absolute atomic E-state index is 0.0629. The Morgan fingerprint density at radius 2 is 1.61 bits per heavy atom. The fourth-order valence-electron chi connectivity index (χ4n) is 3.48. The van der Waals surface area contributed by atoms with Gasteiger partial charge in [0.15, 0.2) is 9.84 Å². The second-order valence-corrected chi connectivity index (χ2v) is 8.82.